The van der Waals surface area contributed by atoms with Crippen LogP contribution in [0.3, 0.4) is 0 Å². The number of nitrogens with two attached hydrogens (primary N) is 1. The molecule has 2 N–H and O–H groups in total. The second kappa shape index (κ2) is 7.25. The Morgan fingerprint density at radius 3 is 2.44 bits per heavy atom. The van der Waals surface area contributed by atoms with E-state index in [1.807, 2.05) is 0 Å². The molecule has 0 bridgehead atoms. The van der Waals surface area contributed by atoms with E-state index in [-0.39, 0.29) is 0 Å². The minimum Gasteiger partial charge on any atom is -0.382 e. The van der Waals surface area contributed by atoms with Gasteiger partial charge in [0.15, 0.2) is 0 Å². The van der Waals surface area contributed by atoms with E-state index < -0.39 is 0 Å². The highest BCUT2D eigenvalue weighted by Gasteiger charge is 2.32. The van der Waals surface area contributed by atoms with Crippen molar-refractivity contribution in [2.45, 2.75) is 39.0 Å². The van der Waals surface area contributed by atoms with E-state index in [4.69, 9.17) is 15.2 Å². The molecule has 0 heterocycles. The van der Waals surface area contributed by atoms with E-state index >= 15 is 0 Å². The maximum atomic E-state index is 5.94. The Bertz CT molecular complexity index is 177. The first-order valence-electron chi connectivity index (χ1n) is 6.49. The summed E-state index contributed by atoms with van der Waals surface area (Å²) >= 11 is 0. The van der Waals surface area contributed by atoms with Gasteiger partial charge >= 0.3 is 0 Å². The van der Waals surface area contributed by atoms with Crippen molar-refractivity contribution in [3.05, 3.63) is 0 Å². The van der Waals surface area contributed by atoms with Crippen LogP contribution in [0.15, 0.2) is 0 Å². The Kier molecular flexibility index (Phi) is 6.32. The molecule has 1 rings (SSSR count). The van der Waals surface area contributed by atoms with Crippen LogP contribution in [0.2, 0.25) is 0 Å². The van der Waals surface area contributed by atoms with Crippen molar-refractivity contribution in [1.82, 2.24) is 0 Å². The van der Waals surface area contributed by atoms with Crippen LogP contribution >= 0.6 is 0 Å². The Morgan fingerprint density at radius 1 is 1.19 bits per heavy atom. The van der Waals surface area contributed by atoms with Gasteiger partial charge in [0, 0.05) is 13.7 Å². The van der Waals surface area contributed by atoms with Gasteiger partial charge in [-0.15, -0.1) is 0 Å². The van der Waals surface area contributed by atoms with Gasteiger partial charge in [0.25, 0.3) is 0 Å². The predicted octanol–water partition coefficient (Wildman–Crippen LogP) is 2.19. The summed E-state index contributed by atoms with van der Waals surface area (Å²) in [4.78, 5) is 0. The molecule has 0 unspecified atom stereocenters. The third kappa shape index (κ3) is 4.40. The molecule has 0 aromatic carbocycles. The van der Waals surface area contributed by atoms with Gasteiger partial charge in [-0.3, -0.25) is 0 Å². The van der Waals surface area contributed by atoms with Gasteiger partial charge in [0.2, 0.25) is 0 Å². The minimum atomic E-state index is 0.361. The fourth-order valence-electron chi connectivity index (χ4n) is 2.46. The predicted molar refractivity (Wildman–Crippen MR) is 66.4 cm³/mol. The summed E-state index contributed by atoms with van der Waals surface area (Å²) in [6, 6.07) is 0. The molecule has 1 aliphatic rings. The molecule has 3 heteroatoms. The molecule has 0 radical (unpaired) electrons. The van der Waals surface area contributed by atoms with Crippen molar-refractivity contribution in [3.63, 3.8) is 0 Å². The van der Waals surface area contributed by atoms with Crippen LogP contribution in [0.1, 0.15) is 39.0 Å². The lowest BCUT2D eigenvalue weighted by Gasteiger charge is -2.38. The second-order valence-electron chi connectivity index (χ2n) is 5.24. The zero-order valence-corrected chi connectivity index (χ0v) is 10.8. The number of ether oxygens (including phenoxy) is 2. The van der Waals surface area contributed by atoms with Gasteiger partial charge in [-0.1, -0.05) is 19.8 Å². The number of hydrogen-bond donors (Lipinski definition) is 1. The third-order valence-electron chi connectivity index (χ3n) is 3.98. The monoisotopic (exact) mass is 229 g/mol. The molecule has 0 aromatic rings. The molecule has 0 aromatic heterocycles. The average Bonchev–Trinajstić information content (AvgIpc) is 2.32. The van der Waals surface area contributed by atoms with Gasteiger partial charge in [-0.25, -0.2) is 0 Å². The van der Waals surface area contributed by atoms with Crippen LogP contribution in [0.25, 0.3) is 0 Å². The van der Waals surface area contributed by atoms with Crippen LogP contribution in [0.4, 0.5) is 0 Å². The lowest BCUT2D eigenvalue weighted by Crippen LogP contribution is -2.35. The molecule has 0 spiro atoms. The van der Waals surface area contributed by atoms with Crippen LogP contribution < -0.4 is 5.73 Å². The lowest BCUT2D eigenvalue weighted by molar-refractivity contribution is 0.0399. The summed E-state index contributed by atoms with van der Waals surface area (Å²) in [6.45, 7) is 5.37. The number of methoxy groups -OCH3 is 1. The average molecular weight is 229 g/mol. The van der Waals surface area contributed by atoms with Crippen LogP contribution in [0.5, 0.6) is 0 Å². The van der Waals surface area contributed by atoms with E-state index in [0.29, 0.717) is 18.6 Å². The molecule has 0 saturated heterocycles. The molecular formula is C13H27NO2. The van der Waals surface area contributed by atoms with E-state index in [9.17, 15) is 0 Å². The summed E-state index contributed by atoms with van der Waals surface area (Å²) in [5.41, 5.74) is 6.31. The highest BCUT2D eigenvalue weighted by Crippen LogP contribution is 2.40. The Hall–Kier alpha value is -0.120. The first-order valence-corrected chi connectivity index (χ1v) is 6.49. The van der Waals surface area contributed by atoms with Gasteiger partial charge in [0.05, 0.1) is 13.2 Å². The molecule has 96 valence electrons. The SMILES string of the molecule is COCCOCCC1(CN)CCC(C)CC1. The van der Waals surface area contributed by atoms with Crippen molar-refractivity contribution in [1.29, 1.82) is 0 Å². The first kappa shape index (κ1) is 13.9. The summed E-state index contributed by atoms with van der Waals surface area (Å²) < 4.78 is 10.5. The molecule has 3 nitrogen and oxygen atoms in total. The van der Waals surface area contributed by atoms with Crippen molar-refractivity contribution in [3.8, 4) is 0 Å². The fourth-order valence-corrected chi connectivity index (χ4v) is 2.46. The van der Waals surface area contributed by atoms with E-state index in [2.05, 4.69) is 6.92 Å². The number of hydrogen-bond acceptors (Lipinski definition) is 3. The Balaban J connectivity index is 2.20. The molecule has 1 saturated carbocycles. The zero-order valence-electron chi connectivity index (χ0n) is 10.8. The normalized spacial score (nSPS) is 30.6. The summed E-state index contributed by atoms with van der Waals surface area (Å²) in [5, 5.41) is 0. The minimum absolute atomic E-state index is 0.361. The quantitative estimate of drug-likeness (QED) is 0.681. The highest BCUT2D eigenvalue weighted by atomic mass is 16.5. The van der Waals surface area contributed by atoms with Crippen LogP contribution in [0, 0.1) is 11.3 Å². The molecule has 1 fully saturated rings. The van der Waals surface area contributed by atoms with Gasteiger partial charge in [-0.2, -0.15) is 0 Å². The molecular weight excluding hydrogens is 202 g/mol. The second-order valence-corrected chi connectivity index (χ2v) is 5.24. The van der Waals surface area contributed by atoms with E-state index in [0.717, 1.165) is 25.5 Å². The first-order chi connectivity index (χ1) is 7.72. The molecule has 16 heavy (non-hydrogen) atoms. The van der Waals surface area contributed by atoms with Crippen molar-refractivity contribution >= 4 is 0 Å². The summed E-state index contributed by atoms with van der Waals surface area (Å²) in [6.07, 6.45) is 6.32. The maximum absolute atomic E-state index is 5.94. The summed E-state index contributed by atoms with van der Waals surface area (Å²) in [5.74, 6) is 0.883. The number of rotatable bonds is 7. The van der Waals surface area contributed by atoms with Crippen molar-refractivity contribution < 1.29 is 9.47 Å². The van der Waals surface area contributed by atoms with E-state index in [1.165, 1.54) is 25.7 Å². The van der Waals surface area contributed by atoms with Crippen molar-refractivity contribution in [2.24, 2.45) is 17.1 Å². The Morgan fingerprint density at radius 2 is 1.88 bits per heavy atom. The molecule has 0 amide bonds. The fraction of sp³-hybridized carbons (Fsp3) is 1.00. The molecule has 1 aliphatic carbocycles. The van der Waals surface area contributed by atoms with Gasteiger partial charge < -0.3 is 15.2 Å². The smallest absolute Gasteiger partial charge is 0.0700 e. The molecule has 0 aliphatic heterocycles. The highest BCUT2D eigenvalue weighted by molar-refractivity contribution is 4.85. The Labute approximate surface area is 99.7 Å². The van der Waals surface area contributed by atoms with Crippen LogP contribution in [-0.4, -0.2) is 33.5 Å². The van der Waals surface area contributed by atoms with Gasteiger partial charge in [-0.05, 0) is 37.1 Å². The zero-order chi connectivity index (χ0) is 11.9. The standard InChI is InChI=1S/C13H27NO2/c1-12-3-5-13(11-14,6-4-12)7-8-16-10-9-15-2/h12H,3-11,14H2,1-2H3. The maximum Gasteiger partial charge on any atom is 0.0700 e. The van der Waals surface area contributed by atoms with Crippen molar-refractivity contribution in [2.75, 3.05) is 33.5 Å². The summed E-state index contributed by atoms with van der Waals surface area (Å²) in [7, 11) is 1.70. The molecule has 0 atom stereocenters. The largest absolute Gasteiger partial charge is 0.382 e. The van der Waals surface area contributed by atoms with Crippen LogP contribution in [-0.2, 0) is 9.47 Å². The third-order valence-corrected chi connectivity index (χ3v) is 3.98. The topological polar surface area (TPSA) is 44.5 Å². The van der Waals surface area contributed by atoms with E-state index in [1.54, 1.807) is 7.11 Å². The van der Waals surface area contributed by atoms with Gasteiger partial charge in [0.1, 0.15) is 0 Å². The lowest BCUT2D eigenvalue weighted by atomic mass is 9.69.